The minimum absolute atomic E-state index is 0.0837. The number of guanidine groups is 1. The van der Waals surface area contributed by atoms with Crippen molar-refractivity contribution < 1.29 is 9.53 Å². The maximum Gasteiger partial charge on any atom is 0.256 e. The minimum Gasteiger partial charge on any atom is -0.494 e. The molecule has 1 heterocycles. The molecule has 1 amide bonds. The third-order valence-electron chi connectivity index (χ3n) is 3.45. The van der Waals surface area contributed by atoms with Crippen LogP contribution in [-0.4, -0.2) is 25.0 Å². The second-order valence-corrected chi connectivity index (χ2v) is 5.31. The van der Waals surface area contributed by atoms with Gasteiger partial charge in [0.05, 0.1) is 6.61 Å². The number of nitrogens with one attached hydrogen (secondary N) is 2. The summed E-state index contributed by atoms with van der Waals surface area (Å²) in [7, 11) is 0. The van der Waals surface area contributed by atoms with E-state index < -0.39 is 5.54 Å². The third-order valence-corrected chi connectivity index (χ3v) is 3.45. The van der Waals surface area contributed by atoms with E-state index in [9.17, 15) is 4.79 Å². The summed E-state index contributed by atoms with van der Waals surface area (Å²) >= 11 is 0. The number of hydrogen-bond donors (Lipinski definition) is 2. The predicted molar refractivity (Wildman–Crippen MR) is 83.5 cm³/mol. The SMILES string of the molecule is CCCN=C1NC(=O)C(C)(c2ccc(OCCC)cc2)N1. The Balaban J connectivity index is 2.14. The number of rotatable bonds is 6. The van der Waals surface area contributed by atoms with Gasteiger partial charge in [0.1, 0.15) is 11.3 Å². The maximum atomic E-state index is 12.2. The van der Waals surface area contributed by atoms with Gasteiger partial charge in [0.25, 0.3) is 5.91 Å². The number of carbonyl (C=O) groups is 1. The van der Waals surface area contributed by atoms with Crippen molar-refractivity contribution >= 4 is 11.9 Å². The summed E-state index contributed by atoms with van der Waals surface area (Å²) in [5.41, 5.74) is 0.112. The Morgan fingerprint density at radius 2 is 1.90 bits per heavy atom. The molecular formula is C16H23N3O2. The van der Waals surface area contributed by atoms with Crippen LogP contribution in [0.15, 0.2) is 29.3 Å². The average Bonchev–Trinajstić information content (AvgIpc) is 2.79. The summed E-state index contributed by atoms with van der Waals surface area (Å²) in [5.74, 6) is 1.29. The molecule has 114 valence electrons. The summed E-state index contributed by atoms with van der Waals surface area (Å²) < 4.78 is 5.56. The highest BCUT2D eigenvalue weighted by molar-refractivity contribution is 6.09. The van der Waals surface area contributed by atoms with E-state index in [1.807, 2.05) is 31.2 Å². The number of nitrogens with zero attached hydrogens (tertiary/aromatic N) is 1. The van der Waals surface area contributed by atoms with Crippen LogP contribution in [0.3, 0.4) is 0 Å². The quantitative estimate of drug-likeness (QED) is 0.843. The number of ether oxygens (including phenoxy) is 1. The highest BCUT2D eigenvalue weighted by Crippen LogP contribution is 2.26. The molecule has 1 unspecified atom stereocenters. The molecule has 1 fully saturated rings. The van der Waals surface area contributed by atoms with Crippen LogP contribution in [0.4, 0.5) is 0 Å². The van der Waals surface area contributed by atoms with E-state index in [-0.39, 0.29) is 5.91 Å². The number of hydrogen-bond acceptors (Lipinski definition) is 3. The lowest BCUT2D eigenvalue weighted by molar-refractivity contribution is -0.123. The van der Waals surface area contributed by atoms with E-state index in [4.69, 9.17) is 4.74 Å². The first-order valence-corrected chi connectivity index (χ1v) is 7.47. The van der Waals surface area contributed by atoms with Crippen LogP contribution < -0.4 is 15.4 Å². The van der Waals surface area contributed by atoms with Gasteiger partial charge in [-0.3, -0.25) is 15.1 Å². The van der Waals surface area contributed by atoms with Crippen LogP contribution in [0.25, 0.3) is 0 Å². The number of amides is 1. The van der Waals surface area contributed by atoms with E-state index in [1.54, 1.807) is 0 Å². The van der Waals surface area contributed by atoms with Gasteiger partial charge in [0.15, 0.2) is 5.96 Å². The fraction of sp³-hybridized carbons (Fsp3) is 0.500. The second kappa shape index (κ2) is 6.61. The van der Waals surface area contributed by atoms with Crippen molar-refractivity contribution in [3.63, 3.8) is 0 Å². The Morgan fingerprint density at radius 3 is 2.52 bits per heavy atom. The average molecular weight is 289 g/mol. The molecule has 5 nitrogen and oxygen atoms in total. The molecule has 1 aromatic carbocycles. The predicted octanol–water partition coefficient (Wildman–Crippen LogP) is 2.18. The molecule has 2 N–H and O–H groups in total. The van der Waals surface area contributed by atoms with Crippen molar-refractivity contribution in [2.75, 3.05) is 13.2 Å². The summed E-state index contributed by atoms with van der Waals surface area (Å²) in [4.78, 5) is 16.6. The van der Waals surface area contributed by atoms with Crippen molar-refractivity contribution in [2.24, 2.45) is 4.99 Å². The summed E-state index contributed by atoms with van der Waals surface area (Å²) in [6.45, 7) is 7.37. The summed E-state index contributed by atoms with van der Waals surface area (Å²) in [5, 5.41) is 5.97. The van der Waals surface area contributed by atoms with Gasteiger partial charge in [0.2, 0.25) is 0 Å². The zero-order valence-electron chi connectivity index (χ0n) is 12.9. The molecule has 2 rings (SSSR count). The highest BCUT2D eigenvalue weighted by Gasteiger charge is 2.42. The summed E-state index contributed by atoms with van der Waals surface area (Å²) in [6, 6.07) is 7.62. The Labute approximate surface area is 125 Å². The van der Waals surface area contributed by atoms with E-state index >= 15 is 0 Å². The van der Waals surface area contributed by atoms with E-state index in [1.165, 1.54) is 0 Å². The molecule has 0 aromatic heterocycles. The lowest BCUT2D eigenvalue weighted by atomic mass is 9.92. The zero-order valence-corrected chi connectivity index (χ0v) is 12.9. The van der Waals surface area contributed by atoms with Gasteiger partial charge in [-0.25, -0.2) is 0 Å². The van der Waals surface area contributed by atoms with E-state index in [0.717, 1.165) is 24.2 Å². The van der Waals surface area contributed by atoms with Crippen molar-refractivity contribution in [1.82, 2.24) is 10.6 Å². The highest BCUT2D eigenvalue weighted by atomic mass is 16.5. The third kappa shape index (κ3) is 3.35. The zero-order chi connectivity index (χ0) is 15.3. The molecule has 1 atom stereocenters. The van der Waals surface area contributed by atoms with E-state index in [2.05, 4.69) is 29.5 Å². The second-order valence-electron chi connectivity index (χ2n) is 5.31. The Morgan fingerprint density at radius 1 is 1.19 bits per heavy atom. The Kier molecular flexibility index (Phi) is 4.83. The van der Waals surface area contributed by atoms with Gasteiger partial charge >= 0.3 is 0 Å². The number of carbonyl (C=O) groups excluding carboxylic acids is 1. The number of benzene rings is 1. The lowest BCUT2D eigenvalue weighted by Crippen LogP contribution is -2.40. The van der Waals surface area contributed by atoms with Gasteiger partial charge in [-0.15, -0.1) is 0 Å². The van der Waals surface area contributed by atoms with Crippen LogP contribution in [0.5, 0.6) is 5.75 Å². The van der Waals surface area contributed by atoms with Crippen LogP contribution >= 0.6 is 0 Å². The molecule has 1 aliphatic heterocycles. The Hall–Kier alpha value is -2.04. The smallest absolute Gasteiger partial charge is 0.256 e. The van der Waals surface area contributed by atoms with Gasteiger partial charge in [0, 0.05) is 6.54 Å². The molecule has 0 saturated carbocycles. The monoisotopic (exact) mass is 289 g/mol. The van der Waals surface area contributed by atoms with Gasteiger partial charge in [-0.2, -0.15) is 0 Å². The number of aliphatic imine (C=N–C) groups is 1. The van der Waals surface area contributed by atoms with E-state index in [0.29, 0.717) is 19.1 Å². The van der Waals surface area contributed by atoms with Crippen LogP contribution in [0, 0.1) is 0 Å². The Bertz CT molecular complexity index is 525. The minimum atomic E-state index is -0.782. The normalized spacial score (nSPS) is 23.0. The standard InChI is InChI=1S/C16H23N3O2/c1-4-10-17-15-18-14(20)16(3,19-15)12-6-8-13(9-7-12)21-11-5-2/h6-9H,4-5,10-11H2,1-3H3,(H2,17,18,19,20). The topological polar surface area (TPSA) is 62.7 Å². The fourth-order valence-corrected chi connectivity index (χ4v) is 2.17. The molecule has 0 spiro atoms. The van der Waals surface area contributed by atoms with Crippen molar-refractivity contribution in [1.29, 1.82) is 0 Å². The molecule has 0 bridgehead atoms. The largest absolute Gasteiger partial charge is 0.494 e. The van der Waals surface area contributed by atoms with Crippen molar-refractivity contribution in [3.05, 3.63) is 29.8 Å². The molecule has 1 aromatic rings. The molecule has 21 heavy (non-hydrogen) atoms. The fourth-order valence-electron chi connectivity index (χ4n) is 2.17. The molecule has 0 aliphatic carbocycles. The first kappa shape index (κ1) is 15.4. The molecule has 1 aliphatic rings. The van der Waals surface area contributed by atoms with Gasteiger partial charge in [-0.05, 0) is 37.5 Å². The first-order valence-electron chi connectivity index (χ1n) is 7.47. The molecule has 1 saturated heterocycles. The van der Waals surface area contributed by atoms with Crippen LogP contribution in [0.2, 0.25) is 0 Å². The van der Waals surface area contributed by atoms with Crippen LogP contribution in [0.1, 0.15) is 39.2 Å². The lowest BCUT2D eigenvalue weighted by Gasteiger charge is -2.21. The maximum absolute atomic E-state index is 12.2. The summed E-state index contributed by atoms with van der Waals surface area (Å²) in [6.07, 6.45) is 1.92. The van der Waals surface area contributed by atoms with Gasteiger partial charge < -0.3 is 10.1 Å². The van der Waals surface area contributed by atoms with Crippen LogP contribution in [-0.2, 0) is 10.3 Å². The molecule has 0 radical (unpaired) electrons. The molecular weight excluding hydrogens is 266 g/mol. The van der Waals surface area contributed by atoms with Gasteiger partial charge in [-0.1, -0.05) is 26.0 Å². The van der Waals surface area contributed by atoms with Crippen molar-refractivity contribution in [3.8, 4) is 5.75 Å². The van der Waals surface area contributed by atoms with Crippen molar-refractivity contribution in [2.45, 2.75) is 39.2 Å². The molecule has 5 heteroatoms. The first-order chi connectivity index (χ1) is 10.1.